The SMILES string of the molecule is CCCC(=O)Nc1ccc(NC(=S)NC(=O)c2cccc(OC(C)C)c2)cc1. The Bertz CT molecular complexity index is 835. The summed E-state index contributed by atoms with van der Waals surface area (Å²) < 4.78 is 5.60. The number of carbonyl (C=O) groups is 2. The highest BCUT2D eigenvalue weighted by molar-refractivity contribution is 7.80. The second-order valence-corrected chi connectivity index (χ2v) is 6.89. The summed E-state index contributed by atoms with van der Waals surface area (Å²) in [5, 5.41) is 8.59. The van der Waals surface area contributed by atoms with Crippen molar-refractivity contribution in [3.63, 3.8) is 0 Å². The summed E-state index contributed by atoms with van der Waals surface area (Å²) in [6.45, 7) is 5.80. The minimum atomic E-state index is -0.324. The Morgan fingerprint density at radius 2 is 1.68 bits per heavy atom. The van der Waals surface area contributed by atoms with Gasteiger partial charge in [0.1, 0.15) is 5.75 Å². The van der Waals surface area contributed by atoms with E-state index in [9.17, 15) is 9.59 Å². The summed E-state index contributed by atoms with van der Waals surface area (Å²) in [7, 11) is 0. The van der Waals surface area contributed by atoms with Crippen molar-refractivity contribution in [3.8, 4) is 5.75 Å². The molecule has 0 saturated carbocycles. The van der Waals surface area contributed by atoms with Crippen LogP contribution in [0.2, 0.25) is 0 Å². The van der Waals surface area contributed by atoms with Gasteiger partial charge in [-0.25, -0.2) is 0 Å². The zero-order chi connectivity index (χ0) is 20.5. The van der Waals surface area contributed by atoms with Gasteiger partial charge in [-0.2, -0.15) is 0 Å². The van der Waals surface area contributed by atoms with Crippen molar-refractivity contribution in [1.82, 2.24) is 5.32 Å². The second-order valence-electron chi connectivity index (χ2n) is 6.48. The molecule has 7 heteroatoms. The Balaban J connectivity index is 1.91. The minimum absolute atomic E-state index is 0.0188. The molecule has 148 valence electrons. The van der Waals surface area contributed by atoms with Gasteiger partial charge in [0.15, 0.2) is 5.11 Å². The van der Waals surface area contributed by atoms with Gasteiger partial charge in [0, 0.05) is 23.4 Å². The monoisotopic (exact) mass is 399 g/mol. The van der Waals surface area contributed by atoms with E-state index in [2.05, 4.69) is 16.0 Å². The first-order valence-corrected chi connectivity index (χ1v) is 9.57. The average molecular weight is 400 g/mol. The first-order chi connectivity index (χ1) is 13.4. The van der Waals surface area contributed by atoms with Crippen molar-refractivity contribution in [2.75, 3.05) is 10.6 Å². The fourth-order valence-electron chi connectivity index (χ4n) is 2.41. The average Bonchev–Trinajstić information content (AvgIpc) is 2.63. The molecule has 0 aliphatic carbocycles. The number of thiocarbonyl (C=S) groups is 1. The van der Waals surface area contributed by atoms with E-state index in [0.29, 0.717) is 29.1 Å². The first kappa shape index (κ1) is 21.4. The Morgan fingerprint density at radius 1 is 1.04 bits per heavy atom. The van der Waals surface area contributed by atoms with Crippen molar-refractivity contribution in [2.24, 2.45) is 0 Å². The van der Waals surface area contributed by atoms with Gasteiger partial charge in [-0.05, 0) is 75.0 Å². The molecule has 6 nitrogen and oxygen atoms in total. The normalized spacial score (nSPS) is 10.3. The van der Waals surface area contributed by atoms with E-state index in [1.54, 1.807) is 48.5 Å². The maximum Gasteiger partial charge on any atom is 0.257 e. The molecule has 0 unspecified atom stereocenters. The molecule has 0 aliphatic rings. The summed E-state index contributed by atoms with van der Waals surface area (Å²) in [5.74, 6) is 0.284. The lowest BCUT2D eigenvalue weighted by Gasteiger charge is -2.12. The van der Waals surface area contributed by atoms with E-state index >= 15 is 0 Å². The summed E-state index contributed by atoms with van der Waals surface area (Å²) in [6.07, 6.45) is 1.31. The number of nitrogens with one attached hydrogen (secondary N) is 3. The van der Waals surface area contributed by atoms with Crippen LogP contribution in [0.5, 0.6) is 5.75 Å². The van der Waals surface area contributed by atoms with Crippen LogP contribution in [0.3, 0.4) is 0 Å². The van der Waals surface area contributed by atoms with E-state index in [1.807, 2.05) is 20.8 Å². The summed E-state index contributed by atoms with van der Waals surface area (Å²) >= 11 is 5.21. The summed E-state index contributed by atoms with van der Waals surface area (Å²) in [4.78, 5) is 24.0. The third kappa shape index (κ3) is 7.00. The van der Waals surface area contributed by atoms with Crippen LogP contribution in [-0.4, -0.2) is 23.0 Å². The summed E-state index contributed by atoms with van der Waals surface area (Å²) in [5.41, 5.74) is 1.87. The molecule has 0 fully saturated rings. The van der Waals surface area contributed by atoms with Crippen molar-refractivity contribution in [1.29, 1.82) is 0 Å². The van der Waals surface area contributed by atoms with Crippen LogP contribution in [0.15, 0.2) is 48.5 Å². The molecule has 28 heavy (non-hydrogen) atoms. The molecule has 0 spiro atoms. The van der Waals surface area contributed by atoms with Crippen LogP contribution in [0.4, 0.5) is 11.4 Å². The minimum Gasteiger partial charge on any atom is -0.491 e. The lowest BCUT2D eigenvalue weighted by molar-refractivity contribution is -0.116. The van der Waals surface area contributed by atoms with E-state index < -0.39 is 0 Å². The molecular weight excluding hydrogens is 374 g/mol. The molecule has 2 rings (SSSR count). The van der Waals surface area contributed by atoms with Crippen molar-refractivity contribution >= 4 is 40.5 Å². The predicted octanol–water partition coefficient (Wildman–Crippen LogP) is 4.34. The third-order valence-electron chi connectivity index (χ3n) is 3.60. The van der Waals surface area contributed by atoms with Gasteiger partial charge in [-0.1, -0.05) is 13.0 Å². The zero-order valence-electron chi connectivity index (χ0n) is 16.2. The molecule has 3 N–H and O–H groups in total. The van der Waals surface area contributed by atoms with Crippen LogP contribution in [0, 0.1) is 0 Å². The van der Waals surface area contributed by atoms with Gasteiger partial charge in [0.2, 0.25) is 5.91 Å². The maximum atomic E-state index is 12.4. The van der Waals surface area contributed by atoms with Gasteiger partial charge >= 0.3 is 0 Å². The largest absolute Gasteiger partial charge is 0.491 e. The van der Waals surface area contributed by atoms with E-state index in [1.165, 1.54) is 0 Å². The van der Waals surface area contributed by atoms with Crippen molar-refractivity contribution < 1.29 is 14.3 Å². The Labute approximate surface area is 170 Å². The number of hydrogen-bond acceptors (Lipinski definition) is 4. The van der Waals surface area contributed by atoms with Gasteiger partial charge in [-0.15, -0.1) is 0 Å². The van der Waals surface area contributed by atoms with Gasteiger partial charge in [-0.3, -0.25) is 14.9 Å². The summed E-state index contributed by atoms with van der Waals surface area (Å²) in [6, 6.07) is 14.0. The highest BCUT2D eigenvalue weighted by Crippen LogP contribution is 2.16. The number of ether oxygens (including phenoxy) is 1. The smallest absolute Gasteiger partial charge is 0.257 e. The highest BCUT2D eigenvalue weighted by Gasteiger charge is 2.10. The fraction of sp³-hybridized carbons (Fsp3) is 0.286. The Morgan fingerprint density at radius 3 is 2.29 bits per heavy atom. The van der Waals surface area contributed by atoms with E-state index in [-0.39, 0.29) is 23.0 Å². The number of carbonyl (C=O) groups excluding carboxylic acids is 2. The molecule has 2 aromatic rings. The van der Waals surface area contributed by atoms with Crippen LogP contribution >= 0.6 is 12.2 Å². The van der Waals surface area contributed by atoms with E-state index in [0.717, 1.165) is 6.42 Å². The first-order valence-electron chi connectivity index (χ1n) is 9.16. The fourth-order valence-corrected chi connectivity index (χ4v) is 2.62. The number of amides is 2. The van der Waals surface area contributed by atoms with Gasteiger partial charge in [0.25, 0.3) is 5.91 Å². The predicted molar refractivity (Wildman–Crippen MR) is 116 cm³/mol. The van der Waals surface area contributed by atoms with E-state index in [4.69, 9.17) is 17.0 Å². The second kappa shape index (κ2) is 10.4. The zero-order valence-corrected chi connectivity index (χ0v) is 17.1. The van der Waals surface area contributed by atoms with Gasteiger partial charge < -0.3 is 15.4 Å². The van der Waals surface area contributed by atoms with Crippen LogP contribution in [0.1, 0.15) is 44.0 Å². The van der Waals surface area contributed by atoms with Crippen LogP contribution in [-0.2, 0) is 4.79 Å². The molecule has 0 heterocycles. The number of rotatable bonds is 7. The third-order valence-corrected chi connectivity index (χ3v) is 3.80. The number of anilines is 2. The van der Waals surface area contributed by atoms with Crippen molar-refractivity contribution in [3.05, 3.63) is 54.1 Å². The molecular formula is C21H25N3O3S. The van der Waals surface area contributed by atoms with Crippen LogP contribution in [0.25, 0.3) is 0 Å². The quantitative estimate of drug-likeness (QED) is 0.604. The molecule has 2 aromatic carbocycles. The standard InChI is InChI=1S/C21H25N3O3S/c1-4-6-19(25)22-16-9-11-17(12-10-16)23-21(28)24-20(26)15-7-5-8-18(13-15)27-14(2)3/h5,7-14H,4,6H2,1-3H3,(H,22,25)(H2,23,24,26,28). The lowest BCUT2D eigenvalue weighted by Crippen LogP contribution is -2.34. The number of benzene rings is 2. The highest BCUT2D eigenvalue weighted by atomic mass is 32.1. The van der Waals surface area contributed by atoms with Crippen LogP contribution < -0.4 is 20.7 Å². The molecule has 2 amide bonds. The number of hydrogen-bond donors (Lipinski definition) is 3. The molecule has 0 radical (unpaired) electrons. The molecule has 0 bridgehead atoms. The Hall–Kier alpha value is -2.93. The molecule has 0 saturated heterocycles. The molecule has 0 aromatic heterocycles. The van der Waals surface area contributed by atoms with Crippen molar-refractivity contribution in [2.45, 2.75) is 39.7 Å². The maximum absolute atomic E-state index is 12.4. The Kier molecular flexibility index (Phi) is 7.95. The lowest BCUT2D eigenvalue weighted by atomic mass is 10.2. The molecule has 0 atom stereocenters. The topological polar surface area (TPSA) is 79.5 Å². The van der Waals surface area contributed by atoms with Gasteiger partial charge in [0.05, 0.1) is 6.10 Å². The molecule has 0 aliphatic heterocycles.